The third-order valence-electron chi connectivity index (χ3n) is 4.68. The molecular weight excluding hydrogens is 485 g/mol. The number of nitrogens with zero attached hydrogens (tertiary/aromatic N) is 3. The number of aryl methyl sites for hydroxylation is 1. The lowest BCUT2D eigenvalue weighted by molar-refractivity contribution is -0.128. The van der Waals surface area contributed by atoms with Gasteiger partial charge >= 0.3 is 0 Å². The Morgan fingerprint density at radius 2 is 2.00 bits per heavy atom. The summed E-state index contributed by atoms with van der Waals surface area (Å²) in [7, 11) is 1.77. The Bertz CT molecular complexity index is 807. The molecular formula is C20H28IN5OS. The summed E-state index contributed by atoms with van der Waals surface area (Å²) in [5.41, 5.74) is 2.37. The van der Waals surface area contributed by atoms with Crippen LogP contribution in [-0.4, -0.2) is 35.3 Å². The number of aliphatic imine (C=N–C) groups is 1. The number of rotatable bonds is 7. The number of halogens is 1. The average molecular weight is 513 g/mol. The molecule has 2 aromatic rings. The maximum Gasteiger partial charge on any atom is 0.222 e. The van der Waals surface area contributed by atoms with Crippen molar-refractivity contribution in [1.29, 1.82) is 0 Å². The van der Waals surface area contributed by atoms with Crippen molar-refractivity contribution in [3.05, 3.63) is 51.5 Å². The van der Waals surface area contributed by atoms with Gasteiger partial charge in [0.1, 0.15) is 5.01 Å². The highest BCUT2D eigenvalue weighted by molar-refractivity contribution is 14.0. The lowest BCUT2D eigenvalue weighted by atomic mass is 10.1. The molecule has 1 amide bonds. The second-order valence-electron chi connectivity index (χ2n) is 6.54. The van der Waals surface area contributed by atoms with Crippen LogP contribution in [0.2, 0.25) is 0 Å². The maximum atomic E-state index is 11.9. The molecule has 1 aromatic carbocycles. The normalized spacial score (nSPS) is 14.1. The molecule has 0 unspecified atom stereocenters. The molecule has 0 bridgehead atoms. The molecule has 1 aliphatic rings. The Morgan fingerprint density at radius 3 is 2.64 bits per heavy atom. The van der Waals surface area contributed by atoms with Crippen molar-refractivity contribution in [2.45, 2.75) is 45.8 Å². The van der Waals surface area contributed by atoms with E-state index in [0.29, 0.717) is 26.1 Å². The van der Waals surface area contributed by atoms with Gasteiger partial charge in [0.15, 0.2) is 5.96 Å². The quantitative estimate of drug-likeness (QED) is 0.339. The number of amides is 1. The highest BCUT2D eigenvalue weighted by Crippen LogP contribution is 2.17. The molecule has 2 N–H and O–H groups in total. The van der Waals surface area contributed by atoms with Crippen LogP contribution in [0.15, 0.2) is 35.5 Å². The minimum absolute atomic E-state index is 0. The van der Waals surface area contributed by atoms with Crippen molar-refractivity contribution in [3.63, 3.8) is 0 Å². The van der Waals surface area contributed by atoms with Crippen LogP contribution in [0.1, 0.15) is 40.8 Å². The molecule has 8 heteroatoms. The fourth-order valence-electron chi connectivity index (χ4n) is 3.11. The van der Waals surface area contributed by atoms with Gasteiger partial charge in [-0.05, 0) is 24.0 Å². The number of carbonyl (C=O) groups excluding carboxylic acids is 1. The second kappa shape index (κ2) is 11.4. The Labute approximate surface area is 187 Å². The van der Waals surface area contributed by atoms with Crippen LogP contribution in [0.25, 0.3) is 0 Å². The van der Waals surface area contributed by atoms with E-state index in [1.165, 1.54) is 16.0 Å². The highest BCUT2D eigenvalue weighted by atomic mass is 127. The molecule has 0 atom stereocenters. The molecule has 0 saturated carbocycles. The molecule has 0 radical (unpaired) electrons. The van der Waals surface area contributed by atoms with E-state index in [1.807, 2.05) is 23.2 Å². The number of nitrogens with one attached hydrogen (secondary N) is 2. The highest BCUT2D eigenvalue weighted by Gasteiger charge is 2.20. The molecule has 0 spiro atoms. The largest absolute Gasteiger partial charge is 0.352 e. The first-order valence-electron chi connectivity index (χ1n) is 9.42. The summed E-state index contributed by atoms with van der Waals surface area (Å²) in [5, 5.41) is 7.74. The van der Waals surface area contributed by atoms with Crippen LogP contribution in [0, 0.1) is 0 Å². The van der Waals surface area contributed by atoms with Gasteiger partial charge < -0.3 is 15.5 Å². The zero-order chi connectivity index (χ0) is 19.1. The van der Waals surface area contributed by atoms with E-state index >= 15 is 0 Å². The average Bonchev–Trinajstić information content (AvgIpc) is 3.32. The number of aromatic nitrogens is 1. The van der Waals surface area contributed by atoms with Crippen LogP contribution in [0.4, 0.5) is 0 Å². The number of benzene rings is 1. The van der Waals surface area contributed by atoms with Crippen molar-refractivity contribution in [3.8, 4) is 0 Å². The predicted molar refractivity (Wildman–Crippen MR) is 125 cm³/mol. The lowest BCUT2D eigenvalue weighted by Gasteiger charge is -2.19. The van der Waals surface area contributed by atoms with E-state index in [2.05, 4.69) is 39.7 Å². The Hall–Kier alpha value is -1.68. The summed E-state index contributed by atoms with van der Waals surface area (Å²) >= 11 is 1.73. The summed E-state index contributed by atoms with van der Waals surface area (Å²) in [6.45, 7) is 5.00. The van der Waals surface area contributed by atoms with Crippen molar-refractivity contribution >= 4 is 47.2 Å². The van der Waals surface area contributed by atoms with E-state index in [-0.39, 0.29) is 29.9 Å². The third-order valence-corrected chi connectivity index (χ3v) is 5.82. The van der Waals surface area contributed by atoms with Crippen LogP contribution >= 0.6 is 35.3 Å². The summed E-state index contributed by atoms with van der Waals surface area (Å²) in [5.74, 6) is 1.00. The number of hydrogen-bond donors (Lipinski definition) is 2. The van der Waals surface area contributed by atoms with Gasteiger partial charge in [0.25, 0.3) is 0 Å². The van der Waals surface area contributed by atoms with Crippen molar-refractivity contribution in [2.75, 3.05) is 13.6 Å². The van der Waals surface area contributed by atoms with Gasteiger partial charge in [0.2, 0.25) is 5.91 Å². The van der Waals surface area contributed by atoms with Gasteiger partial charge in [-0.2, -0.15) is 0 Å². The van der Waals surface area contributed by atoms with Gasteiger partial charge in [-0.25, -0.2) is 4.98 Å². The molecule has 1 aliphatic heterocycles. The third kappa shape index (κ3) is 6.16. The molecule has 1 aromatic heterocycles. The molecule has 6 nitrogen and oxygen atoms in total. The predicted octanol–water partition coefficient (Wildman–Crippen LogP) is 3.31. The van der Waals surface area contributed by atoms with E-state index in [4.69, 9.17) is 0 Å². The Balaban J connectivity index is 0.00000280. The lowest BCUT2D eigenvalue weighted by Crippen LogP contribution is -2.36. The number of thiazole rings is 1. The standard InChI is InChI=1S/C20H27N5OS.HI/c1-3-17-12-22-18(27-17)13-24-20(21-2)23-11-15-7-4-5-8-16(15)14-25-10-6-9-19(25)26;/h4-5,7-8,12H,3,6,9-11,13-14H2,1-2H3,(H2,21,23,24);1H. The fraction of sp³-hybridized carbons (Fsp3) is 0.450. The van der Waals surface area contributed by atoms with Gasteiger partial charge in [-0.3, -0.25) is 9.79 Å². The minimum Gasteiger partial charge on any atom is -0.352 e. The first kappa shape index (κ1) is 22.6. The van der Waals surface area contributed by atoms with Gasteiger partial charge in [0.05, 0.1) is 6.54 Å². The minimum atomic E-state index is 0. The summed E-state index contributed by atoms with van der Waals surface area (Å²) in [4.78, 5) is 23.9. The molecule has 0 aliphatic carbocycles. The first-order valence-corrected chi connectivity index (χ1v) is 10.2. The molecule has 28 heavy (non-hydrogen) atoms. The van der Waals surface area contributed by atoms with Gasteiger partial charge in [-0.1, -0.05) is 31.2 Å². The van der Waals surface area contributed by atoms with Crippen LogP contribution in [0.5, 0.6) is 0 Å². The summed E-state index contributed by atoms with van der Waals surface area (Å²) in [6, 6.07) is 8.26. The fourth-order valence-corrected chi connectivity index (χ4v) is 3.92. The van der Waals surface area contributed by atoms with E-state index in [1.54, 1.807) is 18.4 Å². The van der Waals surface area contributed by atoms with Crippen molar-refractivity contribution in [2.24, 2.45) is 4.99 Å². The molecule has 1 fully saturated rings. The van der Waals surface area contributed by atoms with E-state index in [9.17, 15) is 4.79 Å². The molecule has 2 heterocycles. The smallest absolute Gasteiger partial charge is 0.222 e. The maximum absolute atomic E-state index is 11.9. The number of hydrogen-bond acceptors (Lipinski definition) is 4. The molecule has 152 valence electrons. The Morgan fingerprint density at radius 1 is 1.25 bits per heavy atom. The van der Waals surface area contributed by atoms with E-state index in [0.717, 1.165) is 30.4 Å². The zero-order valence-electron chi connectivity index (χ0n) is 16.4. The monoisotopic (exact) mass is 513 g/mol. The molecule has 1 saturated heterocycles. The van der Waals surface area contributed by atoms with E-state index < -0.39 is 0 Å². The van der Waals surface area contributed by atoms with Gasteiger partial charge in [-0.15, -0.1) is 35.3 Å². The Kier molecular flexibility index (Phi) is 9.17. The van der Waals surface area contributed by atoms with Crippen LogP contribution < -0.4 is 10.6 Å². The summed E-state index contributed by atoms with van der Waals surface area (Å²) < 4.78 is 0. The second-order valence-corrected chi connectivity index (χ2v) is 7.74. The zero-order valence-corrected chi connectivity index (χ0v) is 19.5. The first-order chi connectivity index (χ1) is 13.2. The molecule has 3 rings (SSSR count). The van der Waals surface area contributed by atoms with Gasteiger partial charge in [0, 0.05) is 44.2 Å². The van der Waals surface area contributed by atoms with Crippen LogP contribution in [0.3, 0.4) is 0 Å². The van der Waals surface area contributed by atoms with Crippen molar-refractivity contribution in [1.82, 2.24) is 20.5 Å². The number of guanidine groups is 1. The number of likely N-dealkylation sites (tertiary alicyclic amines) is 1. The topological polar surface area (TPSA) is 69.6 Å². The number of carbonyl (C=O) groups is 1. The van der Waals surface area contributed by atoms with Crippen LogP contribution in [-0.2, 0) is 30.8 Å². The summed E-state index contributed by atoms with van der Waals surface area (Å²) in [6.07, 6.45) is 4.59. The van der Waals surface area contributed by atoms with Crippen molar-refractivity contribution < 1.29 is 4.79 Å². The SMILES string of the molecule is CCc1cnc(CNC(=NC)NCc2ccccc2CN2CCCC2=O)s1.I.